The van der Waals surface area contributed by atoms with Gasteiger partial charge in [0.25, 0.3) is 5.91 Å². The van der Waals surface area contributed by atoms with Crippen LogP contribution in [0.3, 0.4) is 0 Å². The lowest BCUT2D eigenvalue weighted by atomic mass is 9.89. The Morgan fingerprint density at radius 2 is 1.88 bits per heavy atom. The Bertz CT molecular complexity index is 882. The van der Waals surface area contributed by atoms with Gasteiger partial charge in [0.1, 0.15) is 0 Å². The van der Waals surface area contributed by atoms with Crippen molar-refractivity contribution in [3.05, 3.63) is 72.1 Å². The standard InChI is InChI=1S/C20H23N5O/c1-20(2,3)18-17(14-25(23-18)16-8-6-5-7-9-16)19(26)24(4)13-15-12-21-10-11-22-15/h5-12,14H,13H2,1-4H3. The minimum absolute atomic E-state index is 0.0808. The highest BCUT2D eigenvalue weighted by atomic mass is 16.2. The molecule has 3 rings (SSSR count). The summed E-state index contributed by atoms with van der Waals surface area (Å²) < 4.78 is 1.77. The van der Waals surface area contributed by atoms with Crippen LogP contribution in [0.4, 0.5) is 0 Å². The van der Waals surface area contributed by atoms with E-state index in [0.717, 1.165) is 17.1 Å². The van der Waals surface area contributed by atoms with Crippen LogP contribution in [0.15, 0.2) is 55.1 Å². The molecule has 6 nitrogen and oxygen atoms in total. The van der Waals surface area contributed by atoms with Gasteiger partial charge in [0.05, 0.1) is 35.4 Å². The second-order valence-corrected chi connectivity index (χ2v) is 7.28. The van der Waals surface area contributed by atoms with Crippen molar-refractivity contribution in [2.45, 2.75) is 32.7 Å². The second kappa shape index (κ2) is 7.07. The largest absolute Gasteiger partial charge is 0.336 e. The average Bonchev–Trinajstić information content (AvgIpc) is 3.08. The molecule has 0 aliphatic rings. The highest BCUT2D eigenvalue weighted by Crippen LogP contribution is 2.26. The van der Waals surface area contributed by atoms with Crippen molar-refractivity contribution < 1.29 is 4.79 Å². The fourth-order valence-electron chi connectivity index (χ4n) is 2.73. The molecular weight excluding hydrogens is 326 g/mol. The maximum absolute atomic E-state index is 13.1. The smallest absolute Gasteiger partial charge is 0.257 e. The summed E-state index contributed by atoms with van der Waals surface area (Å²) in [5.41, 5.74) is 2.80. The zero-order valence-electron chi connectivity index (χ0n) is 15.5. The third kappa shape index (κ3) is 3.79. The van der Waals surface area contributed by atoms with Crippen LogP contribution in [0, 0.1) is 0 Å². The highest BCUT2D eigenvalue weighted by molar-refractivity contribution is 5.95. The Morgan fingerprint density at radius 3 is 2.50 bits per heavy atom. The molecule has 0 spiro atoms. The molecule has 1 amide bonds. The Balaban J connectivity index is 1.95. The minimum atomic E-state index is -0.252. The Morgan fingerprint density at radius 1 is 1.15 bits per heavy atom. The van der Waals surface area contributed by atoms with Crippen molar-refractivity contribution in [3.8, 4) is 5.69 Å². The summed E-state index contributed by atoms with van der Waals surface area (Å²) in [6.45, 7) is 6.57. The van der Waals surface area contributed by atoms with E-state index in [1.54, 1.807) is 35.2 Å². The lowest BCUT2D eigenvalue weighted by Gasteiger charge is -2.20. The number of nitrogens with zero attached hydrogens (tertiary/aromatic N) is 5. The normalized spacial score (nSPS) is 11.4. The van der Waals surface area contributed by atoms with E-state index in [2.05, 4.69) is 30.7 Å². The van der Waals surface area contributed by atoms with E-state index in [9.17, 15) is 4.79 Å². The third-order valence-electron chi connectivity index (χ3n) is 4.04. The van der Waals surface area contributed by atoms with Crippen LogP contribution in [0.1, 0.15) is 42.5 Å². The SMILES string of the molecule is CN(Cc1cnccn1)C(=O)c1cn(-c2ccccc2)nc1C(C)(C)C. The molecule has 134 valence electrons. The van der Waals surface area contributed by atoms with Gasteiger partial charge in [-0.3, -0.25) is 14.8 Å². The number of benzene rings is 1. The van der Waals surface area contributed by atoms with Crippen LogP contribution in [-0.2, 0) is 12.0 Å². The summed E-state index contributed by atoms with van der Waals surface area (Å²) in [7, 11) is 1.77. The van der Waals surface area contributed by atoms with E-state index in [0.29, 0.717) is 12.1 Å². The van der Waals surface area contributed by atoms with Crippen LogP contribution in [0.25, 0.3) is 5.69 Å². The van der Waals surface area contributed by atoms with E-state index in [4.69, 9.17) is 5.10 Å². The quantitative estimate of drug-likeness (QED) is 0.725. The van der Waals surface area contributed by atoms with Crippen molar-refractivity contribution in [1.29, 1.82) is 0 Å². The summed E-state index contributed by atoms with van der Waals surface area (Å²) in [6, 6.07) is 9.80. The number of para-hydroxylation sites is 1. The van der Waals surface area contributed by atoms with Gasteiger partial charge in [0.2, 0.25) is 0 Å². The molecule has 0 aliphatic heterocycles. The molecular formula is C20H23N5O. The number of amides is 1. The molecule has 2 aromatic heterocycles. The Hall–Kier alpha value is -3.02. The molecule has 3 aromatic rings. The Kier molecular flexibility index (Phi) is 4.84. The van der Waals surface area contributed by atoms with Gasteiger partial charge in [0.15, 0.2) is 0 Å². The zero-order chi connectivity index (χ0) is 18.7. The van der Waals surface area contributed by atoms with Crippen LogP contribution in [0.2, 0.25) is 0 Å². The summed E-state index contributed by atoms with van der Waals surface area (Å²) in [5.74, 6) is -0.0808. The van der Waals surface area contributed by atoms with Crippen molar-refractivity contribution in [2.24, 2.45) is 0 Å². The van der Waals surface area contributed by atoms with E-state index >= 15 is 0 Å². The molecule has 0 saturated heterocycles. The van der Waals surface area contributed by atoms with Crippen LogP contribution < -0.4 is 0 Å². The summed E-state index contributed by atoms with van der Waals surface area (Å²) in [4.78, 5) is 23.0. The molecule has 1 aromatic carbocycles. The van der Waals surface area contributed by atoms with Crippen molar-refractivity contribution >= 4 is 5.91 Å². The number of hydrogen-bond donors (Lipinski definition) is 0. The van der Waals surface area contributed by atoms with Crippen molar-refractivity contribution in [1.82, 2.24) is 24.6 Å². The van der Waals surface area contributed by atoms with E-state index < -0.39 is 0 Å². The first kappa shape index (κ1) is 17.8. The first-order valence-electron chi connectivity index (χ1n) is 8.52. The predicted molar refractivity (Wildman–Crippen MR) is 100 cm³/mol. The molecule has 0 unspecified atom stereocenters. The fraction of sp³-hybridized carbons (Fsp3) is 0.300. The number of rotatable bonds is 4. The number of aromatic nitrogens is 4. The lowest BCUT2D eigenvalue weighted by Crippen LogP contribution is -2.29. The van der Waals surface area contributed by atoms with Gasteiger partial charge >= 0.3 is 0 Å². The minimum Gasteiger partial charge on any atom is -0.336 e. The molecule has 2 heterocycles. The number of carbonyl (C=O) groups excluding carboxylic acids is 1. The topological polar surface area (TPSA) is 63.9 Å². The number of hydrogen-bond acceptors (Lipinski definition) is 4. The molecule has 26 heavy (non-hydrogen) atoms. The molecule has 0 fully saturated rings. The lowest BCUT2D eigenvalue weighted by molar-refractivity contribution is 0.0780. The summed E-state index contributed by atoms with van der Waals surface area (Å²) in [6.07, 6.45) is 6.72. The van der Waals surface area contributed by atoms with Gasteiger partial charge in [-0.15, -0.1) is 0 Å². The average molecular weight is 349 g/mol. The first-order valence-corrected chi connectivity index (χ1v) is 8.52. The van der Waals surface area contributed by atoms with Crippen LogP contribution in [0.5, 0.6) is 0 Å². The van der Waals surface area contributed by atoms with Gasteiger partial charge in [-0.25, -0.2) is 4.68 Å². The highest BCUT2D eigenvalue weighted by Gasteiger charge is 2.28. The summed E-state index contributed by atoms with van der Waals surface area (Å²) >= 11 is 0. The van der Waals surface area contributed by atoms with Gasteiger partial charge < -0.3 is 4.90 Å². The zero-order valence-corrected chi connectivity index (χ0v) is 15.5. The molecule has 0 N–H and O–H groups in total. The van der Waals surface area contributed by atoms with Crippen molar-refractivity contribution in [2.75, 3.05) is 7.05 Å². The van der Waals surface area contributed by atoms with Gasteiger partial charge in [-0.05, 0) is 12.1 Å². The second-order valence-electron chi connectivity index (χ2n) is 7.28. The molecule has 0 bridgehead atoms. The van der Waals surface area contributed by atoms with Crippen LogP contribution >= 0.6 is 0 Å². The van der Waals surface area contributed by atoms with Crippen molar-refractivity contribution in [3.63, 3.8) is 0 Å². The maximum atomic E-state index is 13.1. The van der Waals surface area contributed by atoms with Crippen LogP contribution in [-0.4, -0.2) is 37.6 Å². The molecule has 0 saturated carbocycles. The molecule has 0 aliphatic carbocycles. The number of carbonyl (C=O) groups is 1. The molecule has 6 heteroatoms. The Labute approximate surface area is 153 Å². The van der Waals surface area contributed by atoms with E-state index in [-0.39, 0.29) is 11.3 Å². The fourth-order valence-corrected chi connectivity index (χ4v) is 2.73. The monoisotopic (exact) mass is 349 g/mol. The van der Waals surface area contributed by atoms with Gasteiger partial charge in [-0.2, -0.15) is 5.10 Å². The first-order chi connectivity index (χ1) is 12.4. The van der Waals surface area contributed by atoms with E-state index in [1.165, 1.54) is 0 Å². The maximum Gasteiger partial charge on any atom is 0.257 e. The van der Waals surface area contributed by atoms with E-state index in [1.807, 2.05) is 36.5 Å². The predicted octanol–water partition coefficient (Wildman–Crippen LogP) is 3.23. The van der Waals surface area contributed by atoms with Gasteiger partial charge in [-0.1, -0.05) is 39.0 Å². The molecule has 0 atom stereocenters. The third-order valence-corrected chi connectivity index (χ3v) is 4.04. The summed E-state index contributed by atoms with van der Waals surface area (Å²) in [5, 5.41) is 4.70. The van der Waals surface area contributed by atoms with Gasteiger partial charge in [0, 0.05) is 31.1 Å². The molecule has 0 radical (unpaired) electrons.